The van der Waals surface area contributed by atoms with Gasteiger partial charge in [-0.1, -0.05) is 315 Å². The molecule has 0 fully saturated rings. The Balaban J connectivity index is 0.724. The first-order valence-corrected chi connectivity index (χ1v) is 34.2. The molecule has 0 spiro atoms. The zero-order valence-corrected chi connectivity index (χ0v) is 55.2. The Kier molecular flexibility index (Phi) is 15.0. The van der Waals surface area contributed by atoms with Gasteiger partial charge in [0.25, 0.3) is 0 Å². The van der Waals surface area contributed by atoms with E-state index in [0.29, 0.717) is 0 Å². The number of rotatable bonds is 16. The molecule has 2 atom stereocenters. The SMILES string of the molecule is C=Cc1ccc(CC2(c3ccc(C)cc3)c3ccccc3-c3ccc(N(c4ccc(-c5ccc(-c6ccc(N(c7ccc8c(c7)C(Cc7ccc(C=C)cc7)(c7ccc(C)cc7)c7ccccc7-8)c7cccc8ccccc78)cc6)cc5)cc4)c4cccc5ccccc45)cc32)cc1. The van der Waals surface area contributed by atoms with Gasteiger partial charge in [0.1, 0.15) is 0 Å². The van der Waals surface area contributed by atoms with Crippen molar-refractivity contribution in [1.29, 1.82) is 0 Å². The van der Waals surface area contributed by atoms with Crippen molar-refractivity contribution >= 4 is 67.8 Å². The third kappa shape index (κ3) is 10.2. The zero-order chi connectivity index (χ0) is 65.9. The van der Waals surface area contributed by atoms with Crippen molar-refractivity contribution in [3.05, 3.63) is 420 Å². The largest absolute Gasteiger partial charge is 0.310 e. The van der Waals surface area contributed by atoms with Crippen LogP contribution in [-0.2, 0) is 23.7 Å². The number of aryl methyl sites for hydroxylation is 2. The molecule has 0 radical (unpaired) electrons. The molecule has 466 valence electrons. The first-order chi connectivity index (χ1) is 48.2. The fraction of sp³-hybridized carbons (Fsp3) is 0.0625. The van der Waals surface area contributed by atoms with E-state index in [1.54, 1.807) is 0 Å². The molecule has 0 aromatic heterocycles. The van der Waals surface area contributed by atoms with E-state index in [1.807, 2.05) is 12.2 Å². The smallest absolute Gasteiger partial charge is 0.0540 e. The topological polar surface area (TPSA) is 6.48 Å². The van der Waals surface area contributed by atoms with Crippen LogP contribution in [0.4, 0.5) is 34.1 Å². The number of hydrogen-bond donors (Lipinski definition) is 0. The molecule has 15 aromatic rings. The molecule has 17 rings (SSSR count). The first-order valence-electron chi connectivity index (χ1n) is 34.2. The van der Waals surface area contributed by atoms with Gasteiger partial charge < -0.3 is 9.80 Å². The number of anilines is 6. The highest BCUT2D eigenvalue weighted by Gasteiger charge is 2.47. The molecular weight excluding hydrogens is 1180 g/mol. The zero-order valence-electron chi connectivity index (χ0n) is 55.2. The number of benzene rings is 15. The van der Waals surface area contributed by atoms with Crippen molar-refractivity contribution in [2.45, 2.75) is 37.5 Å². The lowest BCUT2D eigenvalue weighted by Gasteiger charge is -2.35. The molecule has 2 aliphatic carbocycles. The summed E-state index contributed by atoms with van der Waals surface area (Å²) in [7, 11) is 0. The van der Waals surface area contributed by atoms with Crippen LogP contribution in [0.25, 0.3) is 78.2 Å². The highest BCUT2D eigenvalue weighted by atomic mass is 15.1. The molecule has 0 amide bonds. The third-order valence-electron chi connectivity index (χ3n) is 21.1. The molecular formula is C96H72N2. The van der Waals surface area contributed by atoms with Gasteiger partial charge in [0.2, 0.25) is 0 Å². The van der Waals surface area contributed by atoms with E-state index in [4.69, 9.17) is 0 Å². The minimum atomic E-state index is -0.459. The lowest BCUT2D eigenvalue weighted by Crippen LogP contribution is -2.30. The number of nitrogens with zero attached hydrogens (tertiary/aromatic N) is 2. The van der Waals surface area contributed by atoms with Gasteiger partial charge in [-0.05, 0) is 198 Å². The second kappa shape index (κ2) is 24.6. The molecule has 98 heavy (non-hydrogen) atoms. The Bertz CT molecular complexity index is 5170. The van der Waals surface area contributed by atoms with Crippen LogP contribution in [-0.4, -0.2) is 0 Å². The van der Waals surface area contributed by atoms with Crippen LogP contribution < -0.4 is 9.80 Å². The maximum absolute atomic E-state index is 4.07. The van der Waals surface area contributed by atoms with Crippen molar-refractivity contribution in [3.63, 3.8) is 0 Å². The van der Waals surface area contributed by atoms with Crippen molar-refractivity contribution in [3.8, 4) is 44.5 Å². The molecule has 15 aromatic carbocycles. The third-order valence-corrected chi connectivity index (χ3v) is 21.1. The molecule has 0 saturated heterocycles. The molecule has 0 N–H and O–H groups in total. The van der Waals surface area contributed by atoms with E-state index >= 15 is 0 Å². The van der Waals surface area contributed by atoms with E-state index < -0.39 is 10.8 Å². The normalized spacial score (nSPS) is 14.9. The van der Waals surface area contributed by atoms with Gasteiger partial charge in [-0.3, -0.25) is 0 Å². The van der Waals surface area contributed by atoms with Crippen LogP contribution in [0.15, 0.2) is 353 Å². The van der Waals surface area contributed by atoms with Gasteiger partial charge in [-0.2, -0.15) is 0 Å². The molecule has 0 bridgehead atoms. The Hall–Kier alpha value is -12.1. The van der Waals surface area contributed by atoms with Crippen LogP contribution in [0.3, 0.4) is 0 Å². The summed E-state index contributed by atoms with van der Waals surface area (Å²) < 4.78 is 0. The van der Waals surface area contributed by atoms with E-state index in [-0.39, 0.29) is 0 Å². The van der Waals surface area contributed by atoms with E-state index in [1.165, 1.54) is 99.4 Å². The maximum Gasteiger partial charge on any atom is 0.0540 e. The van der Waals surface area contributed by atoms with Crippen LogP contribution >= 0.6 is 0 Å². The monoisotopic (exact) mass is 1250 g/mol. The predicted octanol–water partition coefficient (Wildman–Crippen LogP) is 25.3. The second-order valence-corrected chi connectivity index (χ2v) is 26.7. The quantitative estimate of drug-likeness (QED) is 0.0951. The van der Waals surface area contributed by atoms with Gasteiger partial charge in [-0.25, -0.2) is 0 Å². The van der Waals surface area contributed by atoms with Gasteiger partial charge in [0.15, 0.2) is 0 Å². The van der Waals surface area contributed by atoms with Gasteiger partial charge in [0, 0.05) is 33.5 Å². The van der Waals surface area contributed by atoms with Crippen molar-refractivity contribution < 1.29 is 0 Å². The lowest BCUT2D eigenvalue weighted by molar-refractivity contribution is 0.629. The highest BCUT2D eigenvalue weighted by Crippen LogP contribution is 2.58. The lowest BCUT2D eigenvalue weighted by atomic mass is 9.68. The fourth-order valence-corrected chi connectivity index (χ4v) is 16.1. The summed E-state index contributed by atoms with van der Waals surface area (Å²) in [5.41, 5.74) is 30.6. The molecule has 0 heterocycles. The van der Waals surface area contributed by atoms with Crippen molar-refractivity contribution in [2.75, 3.05) is 9.80 Å². The number of hydrogen-bond acceptors (Lipinski definition) is 2. The predicted molar refractivity (Wildman–Crippen MR) is 415 cm³/mol. The molecule has 0 saturated carbocycles. The van der Waals surface area contributed by atoms with E-state index in [9.17, 15) is 0 Å². The summed E-state index contributed by atoms with van der Waals surface area (Å²) in [4.78, 5) is 4.94. The van der Waals surface area contributed by atoms with Gasteiger partial charge in [0.05, 0.1) is 22.2 Å². The summed E-state index contributed by atoms with van der Waals surface area (Å²) in [6.45, 7) is 12.5. The average molecular weight is 1250 g/mol. The minimum absolute atomic E-state index is 0.459. The van der Waals surface area contributed by atoms with Crippen LogP contribution in [0.2, 0.25) is 0 Å². The Morgan fingerprint density at radius 1 is 0.286 bits per heavy atom. The summed E-state index contributed by atoms with van der Waals surface area (Å²) >= 11 is 0. The summed E-state index contributed by atoms with van der Waals surface area (Å²) in [5.74, 6) is 0. The van der Waals surface area contributed by atoms with Crippen LogP contribution in [0, 0.1) is 13.8 Å². The first kappa shape index (κ1) is 59.6. The molecule has 2 aliphatic rings. The summed E-state index contributed by atoms with van der Waals surface area (Å²) in [6.07, 6.45) is 5.45. The van der Waals surface area contributed by atoms with Gasteiger partial charge in [-0.15, -0.1) is 0 Å². The average Bonchev–Trinajstić information content (AvgIpc) is 1.54. The Morgan fingerprint density at radius 3 is 1.00 bits per heavy atom. The summed E-state index contributed by atoms with van der Waals surface area (Å²) in [5, 5.41) is 4.78. The van der Waals surface area contributed by atoms with E-state index in [2.05, 4.69) is 377 Å². The summed E-state index contributed by atoms with van der Waals surface area (Å²) in [6, 6.07) is 127. The van der Waals surface area contributed by atoms with Crippen molar-refractivity contribution in [2.24, 2.45) is 0 Å². The molecule has 2 nitrogen and oxygen atoms in total. The maximum atomic E-state index is 4.07. The Morgan fingerprint density at radius 2 is 0.612 bits per heavy atom. The van der Waals surface area contributed by atoms with Crippen molar-refractivity contribution in [1.82, 2.24) is 0 Å². The minimum Gasteiger partial charge on any atom is -0.310 e. The second-order valence-electron chi connectivity index (χ2n) is 26.7. The van der Waals surface area contributed by atoms with E-state index in [0.717, 1.165) is 80.3 Å². The Labute approximate surface area is 575 Å². The molecule has 2 unspecified atom stereocenters. The van der Waals surface area contributed by atoms with Gasteiger partial charge >= 0.3 is 0 Å². The van der Waals surface area contributed by atoms with Crippen LogP contribution in [0.5, 0.6) is 0 Å². The standard InChI is InChI=1S/C96H72N2/c1-5-67-33-37-69(38-34-67)63-95(77-49-29-65(3)30-50-77)89-25-13-11-23-85(89)87-59-57-81(61-91(87)95)97(93-27-15-19-75-17-7-9-21-83(75)93)79-53-45-73(46-54-79)71-41-43-72(44-42-71)74-47-55-80(56-48-74)98(94-28-16-20-76-18-8-10-22-84(76)94)82-58-60-88-86-24-12-14-26-90(86)96(92(88)62-82,78-51-31-66(4)32-52-78)64-70-39-35-68(6-2)36-40-70/h5-62H,1-2,63-64H2,3-4H3. The van der Waals surface area contributed by atoms with Crippen LogP contribution in [0.1, 0.15) is 66.8 Å². The number of fused-ring (bicyclic) bond motifs is 8. The molecule has 0 aliphatic heterocycles. The molecule has 2 heteroatoms. The highest BCUT2D eigenvalue weighted by molar-refractivity contribution is 6.02. The fourth-order valence-electron chi connectivity index (χ4n) is 16.1.